The summed E-state index contributed by atoms with van der Waals surface area (Å²) in [6.07, 6.45) is 4.19. The molecule has 8 rings (SSSR count). The van der Waals surface area contributed by atoms with E-state index in [0.717, 1.165) is 57.3 Å². The molecule has 0 radical (unpaired) electrons. The van der Waals surface area contributed by atoms with Crippen molar-refractivity contribution in [1.29, 1.82) is 5.26 Å². The van der Waals surface area contributed by atoms with E-state index < -0.39 is 36.2 Å². The van der Waals surface area contributed by atoms with Crippen molar-refractivity contribution in [2.75, 3.05) is 27.3 Å². The van der Waals surface area contributed by atoms with Crippen molar-refractivity contribution in [1.82, 2.24) is 40.4 Å². The molecule has 63 heavy (non-hydrogen) atoms. The maximum atomic E-state index is 14.1. The van der Waals surface area contributed by atoms with Gasteiger partial charge in [0, 0.05) is 18.7 Å². The Labute approximate surface area is 364 Å². The lowest BCUT2D eigenvalue weighted by molar-refractivity contribution is -0.136. The van der Waals surface area contributed by atoms with Crippen molar-refractivity contribution in [2.45, 2.75) is 57.3 Å². The second-order valence-electron chi connectivity index (χ2n) is 16.3. The van der Waals surface area contributed by atoms with Gasteiger partial charge in [0.25, 0.3) is 5.91 Å². The number of alkyl carbamates (subject to hydrolysis) is 2. The molecule has 2 fully saturated rings. The summed E-state index contributed by atoms with van der Waals surface area (Å²) >= 11 is 0. The Bertz CT molecular complexity index is 2670. The first-order valence-corrected chi connectivity index (χ1v) is 21.0. The number of nitrogens with one attached hydrogen (secondary N) is 4. The minimum atomic E-state index is -1.00. The van der Waals surface area contributed by atoms with E-state index in [1.54, 1.807) is 40.3 Å². The van der Waals surface area contributed by atoms with Gasteiger partial charge in [-0.25, -0.2) is 19.6 Å². The average Bonchev–Trinajstić information content (AvgIpc) is 4.16. The molecule has 0 saturated carbocycles. The van der Waals surface area contributed by atoms with E-state index >= 15 is 0 Å². The van der Waals surface area contributed by atoms with Crippen LogP contribution in [-0.2, 0) is 19.1 Å². The highest BCUT2D eigenvalue weighted by molar-refractivity contribution is 5.91. The third-order valence-electron chi connectivity index (χ3n) is 12.0. The Morgan fingerprint density at radius 1 is 0.730 bits per heavy atom. The smallest absolute Gasteiger partial charge is 0.407 e. The number of benzene rings is 4. The van der Waals surface area contributed by atoms with Crippen LogP contribution < -0.4 is 10.6 Å². The molecule has 0 bridgehead atoms. The van der Waals surface area contributed by atoms with Crippen molar-refractivity contribution in [3.63, 3.8) is 0 Å². The van der Waals surface area contributed by atoms with Crippen LogP contribution in [0.25, 0.3) is 44.4 Å². The first-order chi connectivity index (χ1) is 30.5. The van der Waals surface area contributed by atoms with E-state index in [1.165, 1.54) is 14.2 Å². The van der Waals surface area contributed by atoms with Crippen LogP contribution in [-0.4, -0.2) is 87.1 Å². The summed E-state index contributed by atoms with van der Waals surface area (Å²) in [5.74, 6) is 0.256. The van der Waals surface area contributed by atoms with E-state index in [9.17, 15) is 24.4 Å². The molecule has 2 aliphatic heterocycles. The molecule has 2 saturated heterocycles. The third kappa shape index (κ3) is 8.83. The number of H-pyrrole nitrogens is 2. The van der Waals surface area contributed by atoms with Gasteiger partial charge in [0.15, 0.2) is 0 Å². The summed E-state index contributed by atoms with van der Waals surface area (Å²) in [7, 11) is 2.53. The number of nitriles is 1. The van der Waals surface area contributed by atoms with Crippen LogP contribution in [0.2, 0.25) is 0 Å². The Morgan fingerprint density at radius 3 is 1.97 bits per heavy atom. The van der Waals surface area contributed by atoms with Crippen LogP contribution in [0.4, 0.5) is 9.59 Å². The van der Waals surface area contributed by atoms with Crippen molar-refractivity contribution < 1.29 is 28.7 Å². The number of nitrogens with zero attached hydrogens (tertiary/aromatic N) is 5. The zero-order valence-corrected chi connectivity index (χ0v) is 35.5. The molecular formula is C48H49N9O6. The van der Waals surface area contributed by atoms with Crippen LogP contribution >= 0.6 is 0 Å². The molecule has 0 aliphatic carbocycles. The fourth-order valence-electron chi connectivity index (χ4n) is 8.64. The number of imidazole rings is 2. The molecule has 0 spiro atoms. The molecule has 15 nitrogen and oxygen atoms in total. The fourth-order valence-corrected chi connectivity index (χ4v) is 8.64. The molecule has 4 N–H and O–H groups in total. The number of aromatic amines is 2. The van der Waals surface area contributed by atoms with Crippen LogP contribution in [0.5, 0.6) is 0 Å². The highest BCUT2D eigenvalue weighted by Crippen LogP contribution is 2.38. The first-order valence-electron chi connectivity index (χ1n) is 21.0. The van der Waals surface area contributed by atoms with E-state index in [2.05, 4.69) is 80.2 Å². The molecule has 322 valence electrons. The van der Waals surface area contributed by atoms with Crippen molar-refractivity contribution in [3.05, 3.63) is 121 Å². The number of carbonyl (C=O) groups excluding carboxylic acids is 4. The summed E-state index contributed by atoms with van der Waals surface area (Å²) < 4.78 is 9.59. The monoisotopic (exact) mass is 847 g/mol. The van der Waals surface area contributed by atoms with Crippen molar-refractivity contribution in [2.24, 2.45) is 11.8 Å². The van der Waals surface area contributed by atoms with Crippen molar-refractivity contribution >= 4 is 34.8 Å². The second-order valence-corrected chi connectivity index (χ2v) is 16.3. The summed E-state index contributed by atoms with van der Waals surface area (Å²) in [4.78, 5) is 71.6. The SMILES string of the molecule is COC(=O)NC(C(=O)N1CCC[C@H]1c1ncc(-c2ccc3cc(-c4ccc(-c5cnc([C@@H]6C[C@@H](C#N)CN6C(=O)[C@H](NC(=O)OC)c6ccccc6)[nH]5)cc4)ccc3c2)[nH]1)C(C)C. The predicted octanol–water partition coefficient (Wildman–Crippen LogP) is 7.84. The summed E-state index contributed by atoms with van der Waals surface area (Å²) in [5, 5.41) is 17.4. The zero-order chi connectivity index (χ0) is 44.2. The van der Waals surface area contributed by atoms with Gasteiger partial charge in [-0.1, -0.05) is 92.7 Å². The minimum Gasteiger partial charge on any atom is -0.453 e. The van der Waals surface area contributed by atoms with E-state index in [0.29, 0.717) is 30.2 Å². The number of aromatic nitrogens is 4. The number of hydrogen-bond acceptors (Lipinski definition) is 9. The second kappa shape index (κ2) is 18.3. The Balaban J connectivity index is 0.958. The molecule has 2 aromatic heterocycles. The largest absolute Gasteiger partial charge is 0.453 e. The van der Waals surface area contributed by atoms with Crippen molar-refractivity contribution in [3.8, 4) is 39.7 Å². The average molecular weight is 848 g/mol. The maximum absolute atomic E-state index is 14.1. The first kappa shape index (κ1) is 42.2. The summed E-state index contributed by atoms with van der Waals surface area (Å²) in [6.45, 7) is 4.58. The lowest BCUT2D eigenvalue weighted by Gasteiger charge is -2.30. The molecule has 15 heteroatoms. The van der Waals surface area contributed by atoms with Gasteiger partial charge in [0.2, 0.25) is 5.91 Å². The number of rotatable bonds is 11. The van der Waals surface area contributed by atoms with E-state index in [4.69, 9.17) is 14.5 Å². The van der Waals surface area contributed by atoms with Gasteiger partial charge >= 0.3 is 12.2 Å². The molecule has 4 amide bonds. The predicted molar refractivity (Wildman–Crippen MR) is 235 cm³/mol. The molecule has 2 aliphatic rings. The molecule has 4 aromatic carbocycles. The lowest BCUT2D eigenvalue weighted by Crippen LogP contribution is -2.51. The van der Waals surface area contributed by atoms with Crippen LogP contribution in [0.3, 0.4) is 0 Å². The van der Waals surface area contributed by atoms with Gasteiger partial charge in [0.1, 0.15) is 23.7 Å². The summed E-state index contributed by atoms with van der Waals surface area (Å²) in [5.41, 5.74) is 6.20. The highest BCUT2D eigenvalue weighted by Gasteiger charge is 2.42. The molecule has 6 aromatic rings. The number of fused-ring (bicyclic) bond motifs is 1. The fraction of sp³-hybridized carbons (Fsp3) is 0.312. The number of ether oxygens (including phenoxy) is 2. The molecule has 4 heterocycles. The number of methoxy groups -OCH3 is 2. The zero-order valence-electron chi connectivity index (χ0n) is 35.5. The number of amides is 4. The molecule has 1 unspecified atom stereocenters. The van der Waals surface area contributed by atoms with Gasteiger partial charge in [-0.15, -0.1) is 0 Å². The quantitative estimate of drug-likeness (QED) is 0.100. The number of carbonyl (C=O) groups is 4. The van der Waals surface area contributed by atoms with E-state index in [-0.39, 0.29) is 30.3 Å². The van der Waals surface area contributed by atoms with E-state index in [1.807, 2.05) is 38.2 Å². The number of likely N-dealkylation sites (tertiary alicyclic amines) is 2. The standard InChI is InChI=1S/C48H49N9O6/c1-28(2)41(54-47(60)62-3)45(58)56-20-8-11-39(56)43-50-26-38(53-43)36-19-18-34-22-33(16-17-35(34)23-36)30-12-14-31(15-13-30)37-25-51-44(52-37)40-21-29(24-49)27-57(40)46(59)42(55-48(61)63-4)32-9-6-5-7-10-32/h5-7,9-10,12-19,22-23,25-26,28-29,39-42H,8,11,20-21,27H2,1-4H3,(H,50,53)(H,51,52)(H,54,60)(H,55,61)/t29-,39-,40-,41?,42+/m0/s1. The van der Waals surface area contributed by atoms with Gasteiger partial charge < -0.3 is 39.9 Å². The molecule has 5 atom stereocenters. The normalized spacial score (nSPS) is 18.2. The Kier molecular flexibility index (Phi) is 12.2. The third-order valence-corrected chi connectivity index (χ3v) is 12.0. The number of hydrogen-bond donors (Lipinski definition) is 4. The van der Waals surface area contributed by atoms with Gasteiger partial charge in [-0.2, -0.15) is 5.26 Å². The maximum Gasteiger partial charge on any atom is 0.407 e. The Morgan fingerprint density at radius 2 is 1.32 bits per heavy atom. The van der Waals surface area contributed by atoms with Gasteiger partial charge in [0.05, 0.1) is 62.1 Å². The Hall–Kier alpha value is -7.47. The van der Waals surface area contributed by atoms with Crippen LogP contribution in [0.1, 0.15) is 68.4 Å². The van der Waals surface area contributed by atoms with Gasteiger partial charge in [-0.05, 0) is 70.3 Å². The topological polar surface area (TPSA) is 198 Å². The molecular weight excluding hydrogens is 799 g/mol. The highest BCUT2D eigenvalue weighted by atomic mass is 16.5. The van der Waals surface area contributed by atoms with Crippen LogP contribution in [0, 0.1) is 23.2 Å². The van der Waals surface area contributed by atoms with Gasteiger partial charge in [-0.3, -0.25) is 9.59 Å². The van der Waals surface area contributed by atoms with Crippen LogP contribution in [0.15, 0.2) is 103 Å². The summed E-state index contributed by atoms with van der Waals surface area (Å²) in [6, 6.07) is 29.6. The minimum absolute atomic E-state index is 0.117. The lowest BCUT2D eigenvalue weighted by atomic mass is 9.98.